The third-order valence-corrected chi connectivity index (χ3v) is 2.49. The van der Waals surface area contributed by atoms with Crippen LogP contribution >= 0.6 is 11.3 Å². The fourth-order valence-corrected chi connectivity index (χ4v) is 1.77. The lowest BCUT2D eigenvalue weighted by atomic mass is 10.4. The maximum Gasteiger partial charge on any atom is 0.347 e. The number of hydrogen-bond donors (Lipinski definition) is 1. The predicted molar refractivity (Wildman–Crippen MR) is 47.8 cm³/mol. The van der Waals surface area contributed by atoms with E-state index in [4.69, 9.17) is 5.11 Å². The number of rotatable bonds is 4. The summed E-state index contributed by atoms with van der Waals surface area (Å²) in [4.78, 5) is 14.4. The molecule has 1 heterocycles. The van der Waals surface area contributed by atoms with Crippen molar-refractivity contribution in [2.75, 3.05) is 0 Å². The number of aromatic nitrogens is 1. The number of carboxylic acids is 1. The number of carbonyl (C=O) groups is 1. The molecule has 1 N–H and O–H groups in total. The molecule has 0 aliphatic rings. The fraction of sp³-hybridized carbons (Fsp3) is 0.250. The van der Waals surface area contributed by atoms with E-state index in [1.165, 1.54) is 0 Å². The minimum atomic E-state index is -1.12. The summed E-state index contributed by atoms with van der Waals surface area (Å²) >= 11 is 0.995. The Morgan fingerprint density at radius 1 is 1.77 bits per heavy atom. The van der Waals surface area contributed by atoms with Crippen molar-refractivity contribution in [1.29, 1.82) is 0 Å². The van der Waals surface area contributed by atoms with Gasteiger partial charge in [0.05, 0.1) is 10.7 Å². The van der Waals surface area contributed by atoms with Gasteiger partial charge in [-0.2, -0.15) is 0 Å². The van der Waals surface area contributed by atoms with Crippen molar-refractivity contribution in [2.24, 2.45) is 0 Å². The van der Waals surface area contributed by atoms with Crippen LogP contribution in [0, 0.1) is 0 Å². The normalized spacial score (nSPS) is 9.92. The van der Waals surface area contributed by atoms with E-state index in [0.29, 0.717) is 11.4 Å². The third kappa shape index (κ3) is 2.12. The molecule has 0 aliphatic heterocycles. The second-order valence-corrected chi connectivity index (χ2v) is 3.40. The van der Waals surface area contributed by atoms with E-state index in [1.54, 1.807) is 6.08 Å². The van der Waals surface area contributed by atoms with Crippen LogP contribution in [0.15, 0.2) is 12.7 Å². The Labute approximate surface area is 78.5 Å². The lowest BCUT2D eigenvalue weighted by Gasteiger charge is -1.87. The van der Waals surface area contributed by atoms with Crippen molar-refractivity contribution in [3.05, 3.63) is 28.2 Å². The first kappa shape index (κ1) is 9.85. The van der Waals surface area contributed by atoms with E-state index in [-0.39, 0.29) is 10.6 Å². The SMILES string of the molecule is C=CCc1nc(CF)c(C(=O)O)s1. The van der Waals surface area contributed by atoms with E-state index in [9.17, 15) is 9.18 Å². The smallest absolute Gasteiger partial charge is 0.347 e. The standard InChI is InChI=1S/C8H8FNO2S/c1-2-3-6-10-5(4-9)7(13-6)8(11)12/h2H,1,3-4H2,(H,11,12). The summed E-state index contributed by atoms with van der Waals surface area (Å²) in [6.45, 7) is 2.65. The molecule has 0 aliphatic carbocycles. The zero-order chi connectivity index (χ0) is 9.84. The summed E-state index contributed by atoms with van der Waals surface area (Å²) in [7, 11) is 0. The molecule has 0 saturated carbocycles. The van der Waals surface area contributed by atoms with Gasteiger partial charge in [0.15, 0.2) is 0 Å². The van der Waals surface area contributed by atoms with Crippen LogP contribution in [0.2, 0.25) is 0 Å². The summed E-state index contributed by atoms with van der Waals surface area (Å²) in [5.41, 5.74) is 0.00866. The highest BCUT2D eigenvalue weighted by Gasteiger charge is 2.15. The maximum atomic E-state index is 12.3. The molecule has 0 bridgehead atoms. The Kier molecular flexibility index (Phi) is 3.13. The van der Waals surface area contributed by atoms with Crippen LogP contribution in [0.5, 0.6) is 0 Å². The molecule has 1 aromatic rings. The van der Waals surface area contributed by atoms with Crippen LogP contribution in [-0.4, -0.2) is 16.1 Å². The van der Waals surface area contributed by atoms with Crippen molar-refractivity contribution in [2.45, 2.75) is 13.1 Å². The molecule has 70 valence electrons. The highest BCUT2D eigenvalue weighted by atomic mass is 32.1. The van der Waals surface area contributed by atoms with Crippen LogP contribution in [0.25, 0.3) is 0 Å². The molecule has 1 rings (SSSR count). The van der Waals surface area contributed by atoms with Crippen molar-refractivity contribution in [3.63, 3.8) is 0 Å². The van der Waals surface area contributed by atoms with Gasteiger partial charge in [0.1, 0.15) is 11.6 Å². The first-order valence-corrected chi connectivity index (χ1v) is 4.39. The molecule has 0 spiro atoms. The number of carboxylic acid groups (broad SMARTS) is 1. The lowest BCUT2D eigenvalue weighted by Crippen LogP contribution is -1.96. The number of allylic oxidation sites excluding steroid dienone is 1. The first-order valence-electron chi connectivity index (χ1n) is 3.57. The number of alkyl halides is 1. The maximum absolute atomic E-state index is 12.3. The average molecular weight is 201 g/mol. The highest BCUT2D eigenvalue weighted by molar-refractivity contribution is 7.13. The molecule has 0 saturated heterocycles. The molecule has 1 aromatic heterocycles. The van der Waals surface area contributed by atoms with Gasteiger partial charge in [0.2, 0.25) is 0 Å². The van der Waals surface area contributed by atoms with Gasteiger partial charge in [-0.05, 0) is 0 Å². The monoisotopic (exact) mass is 201 g/mol. The summed E-state index contributed by atoms with van der Waals surface area (Å²) in [6.07, 6.45) is 2.08. The van der Waals surface area contributed by atoms with Crippen molar-refractivity contribution in [3.8, 4) is 0 Å². The van der Waals surface area contributed by atoms with Crippen molar-refractivity contribution in [1.82, 2.24) is 4.98 Å². The lowest BCUT2D eigenvalue weighted by molar-refractivity contribution is 0.0700. The van der Waals surface area contributed by atoms with E-state index >= 15 is 0 Å². The highest BCUT2D eigenvalue weighted by Crippen LogP contribution is 2.20. The number of thiazole rings is 1. The Morgan fingerprint density at radius 3 is 2.85 bits per heavy atom. The van der Waals surface area contributed by atoms with Gasteiger partial charge in [-0.15, -0.1) is 17.9 Å². The largest absolute Gasteiger partial charge is 0.477 e. The summed E-state index contributed by atoms with van der Waals surface area (Å²) in [5.74, 6) is -1.12. The minimum Gasteiger partial charge on any atom is -0.477 e. The second kappa shape index (κ2) is 4.13. The molecular formula is C8H8FNO2S. The molecular weight excluding hydrogens is 193 g/mol. The van der Waals surface area contributed by atoms with Crippen LogP contribution < -0.4 is 0 Å². The predicted octanol–water partition coefficient (Wildman–Crippen LogP) is 2.04. The van der Waals surface area contributed by atoms with E-state index in [1.807, 2.05) is 0 Å². The number of halogens is 1. The number of nitrogens with zero attached hydrogens (tertiary/aromatic N) is 1. The van der Waals surface area contributed by atoms with Gasteiger partial charge in [0, 0.05) is 6.42 Å². The van der Waals surface area contributed by atoms with E-state index in [0.717, 1.165) is 11.3 Å². The van der Waals surface area contributed by atoms with Crippen LogP contribution in [0.3, 0.4) is 0 Å². The third-order valence-electron chi connectivity index (χ3n) is 1.38. The topological polar surface area (TPSA) is 50.2 Å². The van der Waals surface area contributed by atoms with Crippen molar-refractivity contribution >= 4 is 17.3 Å². The fourth-order valence-electron chi connectivity index (χ4n) is 0.869. The summed E-state index contributed by atoms with van der Waals surface area (Å²) in [5, 5.41) is 9.24. The van der Waals surface area contributed by atoms with Gasteiger partial charge in [0.25, 0.3) is 0 Å². The second-order valence-electron chi connectivity index (χ2n) is 2.32. The molecule has 0 radical (unpaired) electrons. The van der Waals surface area contributed by atoms with Crippen LogP contribution in [-0.2, 0) is 13.1 Å². The van der Waals surface area contributed by atoms with Gasteiger partial charge in [-0.1, -0.05) is 6.08 Å². The van der Waals surface area contributed by atoms with Crippen LogP contribution in [0.1, 0.15) is 20.4 Å². The minimum absolute atomic E-state index is 0.00866. The molecule has 5 heteroatoms. The molecule has 0 unspecified atom stereocenters. The molecule has 3 nitrogen and oxygen atoms in total. The quantitative estimate of drug-likeness (QED) is 0.758. The molecule has 0 atom stereocenters. The van der Waals surface area contributed by atoms with Crippen molar-refractivity contribution < 1.29 is 14.3 Å². The Bertz CT molecular complexity index is 335. The van der Waals surface area contributed by atoms with Crippen LogP contribution in [0.4, 0.5) is 4.39 Å². The number of hydrogen-bond acceptors (Lipinski definition) is 3. The molecule has 0 amide bonds. The summed E-state index contributed by atoms with van der Waals surface area (Å²) in [6, 6.07) is 0. The van der Waals surface area contributed by atoms with Gasteiger partial charge in [-0.25, -0.2) is 14.2 Å². The van der Waals surface area contributed by atoms with E-state index in [2.05, 4.69) is 11.6 Å². The summed E-state index contributed by atoms with van der Waals surface area (Å²) < 4.78 is 12.3. The zero-order valence-electron chi connectivity index (χ0n) is 6.79. The van der Waals surface area contributed by atoms with E-state index < -0.39 is 12.6 Å². The molecule has 0 fully saturated rings. The molecule has 0 aromatic carbocycles. The van der Waals surface area contributed by atoms with Gasteiger partial charge in [-0.3, -0.25) is 0 Å². The Balaban J connectivity index is 3.03. The first-order chi connectivity index (χ1) is 6.19. The van der Waals surface area contributed by atoms with Gasteiger partial charge < -0.3 is 5.11 Å². The Morgan fingerprint density at radius 2 is 2.46 bits per heavy atom. The number of aromatic carboxylic acids is 1. The zero-order valence-corrected chi connectivity index (χ0v) is 7.60. The Hall–Kier alpha value is -1.23. The average Bonchev–Trinajstić information content (AvgIpc) is 2.48. The molecule has 13 heavy (non-hydrogen) atoms. The van der Waals surface area contributed by atoms with Gasteiger partial charge >= 0.3 is 5.97 Å².